The minimum atomic E-state index is -0.793. The number of amides is 1. The van der Waals surface area contributed by atoms with Crippen molar-refractivity contribution < 1.29 is 22.8 Å². The molecule has 2 unspecified atom stereocenters. The summed E-state index contributed by atoms with van der Waals surface area (Å²) in [5.41, 5.74) is 2.48. The van der Waals surface area contributed by atoms with Crippen LogP contribution in [0.5, 0.6) is 5.75 Å². The number of halogens is 2. The van der Waals surface area contributed by atoms with Crippen LogP contribution in [0.4, 0.5) is 8.78 Å². The number of ether oxygens (including phenoxy) is 1. The number of hydrogen-bond donors (Lipinski definition) is 0. The highest BCUT2D eigenvalue weighted by Crippen LogP contribution is 2.45. The molecule has 7 nitrogen and oxygen atoms in total. The molecule has 0 bridgehead atoms. The number of hydrogen-bond acceptors (Lipinski definition) is 5. The molecule has 35 heavy (non-hydrogen) atoms. The highest BCUT2D eigenvalue weighted by Gasteiger charge is 2.43. The van der Waals surface area contributed by atoms with Gasteiger partial charge in [-0.2, -0.15) is 5.10 Å². The first-order valence-electron chi connectivity index (χ1n) is 11.1. The molecule has 0 spiro atoms. The number of rotatable bonds is 4. The van der Waals surface area contributed by atoms with Gasteiger partial charge in [-0.15, -0.1) is 0 Å². The number of aryl methyl sites for hydroxylation is 1. The van der Waals surface area contributed by atoms with Gasteiger partial charge >= 0.3 is 0 Å². The van der Waals surface area contributed by atoms with E-state index in [9.17, 15) is 13.6 Å². The fourth-order valence-corrected chi connectivity index (χ4v) is 4.78. The minimum absolute atomic E-state index is 0.0299. The summed E-state index contributed by atoms with van der Waals surface area (Å²) in [7, 11) is 3.47. The van der Waals surface area contributed by atoms with Gasteiger partial charge in [0, 0.05) is 42.9 Å². The minimum Gasteiger partial charge on any atom is -0.497 e. The van der Waals surface area contributed by atoms with Crippen LogP contribution >= 0.6 is 0 Å². The Morgan fingerprint density at radius 1 is 1.20 bits per heavy atom. The molecule has 180 valence electrons. The van der Waals surface area contributed by atoms with Crippen LogP contribution in [0.1, 0.15) is 47.1 Å². The SMILES string of the molecule is COc1ccc2c(c1)C(C)(c1cnn(C)c1)CN(C(=O)c1cc(-c3ccc(F)cc3F)on1)C2C. The second kappa shape index (κ2) is 8.33. The predicted molar refractivity (Wildman–Crippen MR) is 124 cm³/mol. The molecule has 0 saturated heterocycles. The van der Waals surface area contributed by atoms with E-state index in [2.05, 4.69) is 17.2 Å². The summed E-state index contributed by atoms with van der Waals surface area (Å²) in [5, 5.41) is 8.25. The smallest absolute Gasteiger partial charge is 0.276 e. The van der Waals surface area contributed by atoms with Gasteiger partial charge in [-0.25, -0.2) is 8.78 Å². The second-order valence-corrected chi connectivity index (χ2v) is 9.00. The van der Waals surface area contributed by atoms with Crippen molar-refractivity contribution in [2.45, 2.75) is 25.3 Å². The van der Waals surface area contributed by atoms with Crippen LogP contribution in [-0.4, -0.2) is 39.4 Å². The van der Waals surface area contributed by atoms with Crippen molar-refractivity contribution in [3.63, 3.8) is 0 Å². The zero-order chi connectivity index (χ0) is 24.9. The molecule has 0 aliphatic carbocycles. The Morgan fingerprint density at radius 3 is 2.69 bits per heavy atom. The maximum absolute atomic E-state index is 14.2. The summed E-state index contributed by atoms with van der Waals surface area (Å²) in [6, 6.07) is 10.1. The van der Waals surface area contributed by atoms with Crippen LogP contribution < -0.4 is 4.74 Å². The number of methoxy groups -OCH3 is 1. The van der Waals surface area contributed by atoms with Crippen molar-refractivity contribution in [2.24, 2.45) is 7.05 Å². The molecule has 5 rings (SSSR count). The van der Waals surface area contributed by atoms with E-state index in [0.717, 1.165) is 34.6 Å². The number of carbonyl (C=O) groups excluding carboxylic acids is 1. The highest BCUT2D eigenvalue weighted by atomic mass is 19.1. The third kappa shape index (κ3) is 3.77. The van der Waals surface area contributed by atoms with E-state index in [1.54, 1.807) is 22.9 Å². The van der Waals surface area contributed by atoms with Crippen LogP contribution in [0, 0.1) is 11.6 Å². The lowest BCUT2D eigenvalue weighted by Crippen LogP contribution is -2.49. The third-order valence-corrected chi connectivity index (χ3v) is 6.79. The summed E-state index contributed by atoms with van der Waals surface area (Å²) in [4.78, 5) is 15.4. The maximum atomic E-state index is 14.2. The molecule has 0 fully saturated rings. The Balaban J connectivity index is 1.55. The van der Waals surface area contributed by atoms with Crippen molar-refractivity contribution in [3.8, 4) is 17.1 Å². The Kier molecular flexibility index (Phi) is 5.42. The topological polar surface area (TPSA) is 73.4 Å². The summed E-state index contributed by atoms with van der Waals surface area (Å²) >= 11 is 0. The van der Waals surface area contributed by atoms with Crippen molar-refractivity contribution in [1.82, 2.24) is 19.8 Å². The molecule has 1 aliphatic heterocycles. The molecule has 9 heteroatoms. The summed E-state index contributed by atoms with van der Waals surface area (Å²) in [6.45, 7) is 4.37. The summed E-state index contributed by atoms with van der Waals surface area (Å²) in [6.07, 6.45) is 3.74. The third-order valence-electron chi connectivity index (χ3n) is 6.79. The largest absolute Gasteiger partial charge is 0.497 e. The van der Waals surface area contributed by atoms with Crippen LogP contribution in [-0.2, 0) is 12.5 Å². The molecule has 1 amide bonds. The van der Waals surface area contributed by atoms with E-state index < -0.39 is 17.0 Å². The van der Waals surface area contributed by atoms with Gasteiger partial charge in [0.15, 0.2) is 11.5 Å². The molecular formula is C26H24F2N4O3. The van der Waals surface area contributed by atoms with Gasteiger partial charge in [0.05, 0.1) is 24.9 Å². The average Bonchev–Trinajstić information content (AvgIpc) is 3.50. The molecule has 2 atom stereocenters. The van der Waals surface area contributed by atoms with E-state index in [1.165, 1.54) is 12.1 Å². The van der Waals surface area contributed by atoms with E-state index in [-0.39, 0.29) is 29.0 Å². The molecule has 3 heterocycles. The van der Waals surface area contributed by atoms with Crippen molar-refractivity contribution in [3.05, 3.63) is 88.9 Å². The molecule has 0 saturated carbocycles. The van der Waals surface area contributed by atoms with Gasteiger partial charge in [0.2, 0.25) is 0 Å². The van der Waals surface area contributed by atoms with Gasteiger partial charge < -0.3 is 14.2 Å². The van der Waals surface area contributed by atoms with Crippen LogP contribution in [0.25, 0.3) is 11.3 Å². The summed E-state index contributed by atoms with van der Waals surface area (Å²) < 4.78 is 40.0. The molecule has 2 aromatic carbocycles. The van der Waals surface area contributed by atoms with E-state index in [1.807, 2.05) is 38.4 Å². The van der Waals surface area contributed by atoms with Crippen molar-refractivity contribution in [2.75, 3.05) is 13.7 Å². The Hall–Kier alpha value is -4.01. The maximum Gasteiger partial charge on any atom is 0.276 e. The average molecular weight is 478 g/mol. The normalized spacial score (nSPS) is 19.5. The van der Waals surface area contributed by atoms with Crippen LogP contribution in [0.15, 0.2) is 59.4 Å². The standard InChI is InChI=1S/C26H24F2N4O3/c1-15-19-8-6-18(34-4)10-21(19)26(2,16-12-29-31(3)13-16)14-32(15)25(33)23-11-24(35-30-23)20-7-5-17(27)9-22(20)28/h5-13,15H,14H2,1-4H3. The second-order valence-electron chi connectivity index (χ2n) is 9.00. The Morgan fingerprint density at radius 2 is 2.00 bits per heavy atom. The predicted octanol–water partition coefficient (Wildman–Crippen LogP) is 4.88. The number of aromatic nitrogens is 3. The van der Waals surface area contributed by atoms with Gasteiger partial charge in [-0.3, -0.25) is 9.48 Å². The molecule has 4 aromatic rings. The first-order valence-corrected chi connectivity index (χ1v) is 11.1. The fraction of sp³-hybridized carbons (Fsp3) is 0.269. The van der Waals surface area contributed by atoms with E-state index in [4.69, 9.17) is 9.26 Å². The number of nitrogens with zero attached hydrogens (tertiary/aromatic N) is 4. The van der Waals surface area contributed by atoms with Crippen LogP contribution in [0.2, 0.25) is 0 Å². The molecule has 2 aromatic heterocycles. The van der Waals surface area contributed by atoms with Crippen molar-refractivity contribution >= 4 is 5.91 Å². The molecule has 0 radical (unpaired) electrons. The van der Waals surface area contributed by atoms with Gasteiger partial charge in [0.25, 0.3) is 5.91 Å². The lowest BCUT2D eigenvalue weighted by Gasteiger charge is -2.45. The Bertz CT molecular complexity index is 1430. The lowest BCUT2D eigenvalue weighted by atomic mass is 9.71. The van der Waals surface area contributed by atoms with Crippen LogP contribution in [0.3, 0.4) is 0 Å². The summed E-state index contributed by atoms with van der Waals surface area (Å²) in [5.74, 6) is -1.07. The fourth-order valence-electron chi connectivity index (χ4n) is 4.78. The van der Waals surface area contributed by atoms with E-state index >= 15 is 0 Å². The number of carbonyl (C=O) groups is 1. The lowest BCUT2D eigenvalue weighted by molar-refractivity contribution is 0.0616. The van der Waals surface area contributed by atoms with Gasteiger partial charge in [-0.05, 0) is 49.2 Å². The van der Waals surface area contributed by atoms with E-state index in [0.29, 0.717) is 6.54 Å². The quantitative estimate of drug-likeness (QED) is 0.418. The molecule has 0 N–H and O–H groups in total. The molecular weight excluding hydrogens is 454 g/mol. The van der Waals surface area contributed by atoms with Crippen molar-refractivity contribution in [1.29, 1.82) is 0 Å². The first kappa shape index (κ1) is 22.8. The monoisotopic (exact) mass is 478 g/mol. The zero-order valence-electron chi connectivity index (χ0n) is 19.8. The van der Waals surface area contributed by atoms with Gasteiger partial charge in [0.1, 0.15) is 17.4 Å². The zero-order valence-corrected chi connectivity index (χ0v) is 19.8. The first-order chi connectivity index (χ1) is 16.7. The number of benzene rings is 2. The Labute approximate surface area is 200 Å². The highest BCUT2D eigenvalue weighted by molar-refractivity contribution is 5.94. The number of fused-ring (bicyclic) bond motifs is 1. The van der Waals surface area contributed by atoms with Gasteiger partial charge in [-0.1, -0.05) is 11.2 Å². The molecule has 1 aliphatic rings.